The molecule has 5 heteroatoms. The van der Waals surface area contributed by atoms with E-state index in [0.29, 0.717) is 13.2 Å². The van der Waals surface area contributed by atoms with Crippen molar-refractivity contribution in [2.45, 2.75) is 26.7 Å². The summed E-state index contributed by atoms with van der Waals surface area (Å²) in [4.78, 5) is 21.7. The van der Waals surface area contributed by atoms with Crippen LogP contribution < -0.4 is 5.32 Å². The smallest absolute Gasteiger partial charge is 0.407 e. The molecular formula is C9H17NO4. The Morgan fingerprint density at radius 1 is 1.21 bits per heavy atom. The van der Waals surface area contributed by atoms with Crippen LogP contribution in [-0.2, 0) is 14.3 Å². The molecule has 14 heavy (non-hydrogen) atoms. The fourth-order valence-corrected chi connectivity index (χ4v) is 0.717. The Kier molecular flexibility index (Phi) is 7.59. The predicted molar refractivity (Wildman–Crippen MR) is 50.9 cm³/mol. The molecule has 0 unspecified atom stereocenters. The van der Waals surface area contributed by atoms with Crippen molar-refractivity contribution < 1.29 is 19.1 Å². The van der Waals surface area contributed by atoms with E-state index < -0.39 is 12.1 Å². The molecule has 0 fully saturated rings. The summed E-state index contributed by atoms with van der Waals surface area (Å²) in [5.74, 6) is -0.458. The topological polar surface area (TPSA) is 64.6 Å². The van der Waals surface area contributed by atoms with E-state index in [-0.39, 0.29) is 6.54 Å². The maximum atomic E-state index is 10.9. The molecule has 0 aromatic rings. The highest BCUT2D eigenvalue weighted by Gasteiger charge is 2.05. The van der Waals surface area contributed by atoms with Gasteiger partial charge in [-0.2, -0.15) is 0 Å². The van der Waals surface area contributed by atoms with E-state index in [1.165, 1.54) is 0 Å². The summed E-state index contributed by atoms with van der Waals surface area (Å²) < 4.78 is 9.36. The summed E-state index contributed by atoms with van der Waals surface area (Å²) in [7, 11) is 0. The molecule has 0 aliphatic carbocycles. The van der Waals surface area contributed by atoms with Gasteiger partial charge in [0.05, 0.1) is 13.2 Å². The van der Waals surface area contributed by atoms with Crippen molar-refractivity contribution in [2.24, 2.45) is 0 Å². The first-order valence-corrected chi connectivity index (χ1v) is 4.77. The zero-order valence-electron chi connectivity index (χ0n) is 8.67. The predicted octanol–water partition coefficient (Wildman–Crippen LogP) is 1.08. The minimum atomic E-state index is -0.577. The average Bonchev–Trinajstić information content (AvgIpc) is 2.16. The second-order valence-electron chi connectivity index (χ2n) is 2.65. The molecule has 0 aromatic carbocycles. The quantitative estimate of drug-likeness (QED) is 0.518. The summed E-state index contributed by atoms with van der Waals surface area (Å²) in [5, 5.41) is 2.29. The number of carbonyl (C=O) groups excluding carboxylic acids is 2. The molecular weight excluding hydrogens is 186 g/mol. The average molecular weight is 203 g/mol. The molecule has 0 aliphatic rings. The number of carbonyl (C=O) groups is 2. The van der Waals surface area contributed by atoms with E-state index in [4.69, 9.17) is 4.74 Å². The first kappa shape index (κ1) is 12.7. The third-order valence-electron chi connectivity index (χ3n) is 1.41. The normalized spacial score (nSPS) is 9.29. The van der Waals surface area contributed by atoms with Crippen LogP contribution in [0.2, 0.25) is 0 Å². The van der Waals surface area contributed by atoms with Crippen molar-refractivity contribution in [1.29, 1.82) is 0 Å². The Labute approximate surface area is 83.8 Å². The molecule has 0 rings (SSSR count). The number of esters is 1. The minimum absolute atomic E-state index is 0.140. The van der Waals surface area contributed by atoms with Crippen molar-refractivity contribution in [3.8, 4) is 0 Å². The Morgan fingerprint density at radius 2 is 1.93 bits per heavy atom. The van der Waals surface area contributed by atoms with Crippen LogP contribution in [0.1, 0.15) is 26.7 Å². The molecule has 0 heterocycles. The number of amides is 1. The molecule has 0 radical (unpaired) electrons. The van der Waals surface area contributed by atoms with Crippen LogP contribution in [0.4, 0.5) is 4.79 Å². The molecule has 1 amide bonds. The van der Waals surface area contributed by atoms with E-state index in [1.807, 2.05) is 6.92 Å². The van der Waals surface area contributed by atoms with Crippen molar-refractivity contribution in [3.63, 3.8) is 0 Å². The Morgan fingerprint density at radius 3 is 2.50 bits per heavy atom. The molecule has 0 aliphatic heterocycles. The van der Waals surface area contributed by atoms with Gasteiger partial charge in [-0.15, -0.1) is 0 Å². The van der Waals surface area contributed by atoms with Gasteiger partial charge >= 0.3 is 12.1 Å². The number of hydrogen-bond acceptors (Lipinski definition) is 4. The van der Waals surface area contributed by atoms with Crippen LogP contribution in [0.15, 0.2) is 0 Å². The minimum Gasteiger partial charge on any atom is -0.465 e. The number of unbranched alkanes of at least 4 members (excludes halogenated alkanes) is 1. The summed E-state index contributed by atoms with van der Waals surface area (Å²) in [5.41, 5.74) is 0. The Hall–Kier alpha value is -1.26. The SMILES string of the molecule is CCCCOC(=O)NCC(=O)OCC. The highest BCUT2D eigenvalue weighted by molar-refractivity contribution is 5.77. The molecule has 0 aromatic heterocycles. The lowest BCUT2D eigenvalue weighted by atomic mass is 10.4. The summed E-state index contributed by atoms with van der Waals surface area (Å²) in [6.45, 7) is 4.26. The summed E-state index contributed by atoms with van der Waals surface area (Å²) in [6, 6.07) is 0. The van der Waals surface area contributed by atoms with Gasteiger partial charge in [-0.25, -0.2) is 4.79 Å². The van der Waals surface area contributed by atoms with Gasteiger partial charge in [0.15, 0.2) is 0 Å². The molecule has 0 spiro atoms. The van der Waals surface area contributed by atoms with Gasteiger partial charge in [0.1, 0.15) is 6.54 Å². The lowest BCUT2D eigenvalue weighted by Crippen LogP contribution is -2.31. The number of hydrogen-bond donors (Lipinski definition) is 1. The van der Waals surface area contributed by atoms with E-state index in [2.05, 4.69) is 10.1 Å². The van der Waals surface area contributed by atoms with E-state index in [9.17, 15) is 9.59 Å². The third kappa shape index (κ3) is 7.39. The van der Waals surface area contributed by atoms with Crippen LogP contribution in [0.25, 0.3) is 0 Å². The number of nitrogens with one attached hydrogen (secondary N) is 1. The fraction of sp³-hybridized carbons (Fsp3) is 0.778. The van der Waals surface area contributed by atoms with Crippen molar-refractivity contribution in [3.05, 3.63) is 0 Å². The summed E-state index contributed by atoms with van der Waals surface area (Å²) >= 11 is 0. The van der Waals surface area contributed by atoms with Gasteiger partial charge in [0.25, 0.3) is 0 Å². The largest absolute Gasteiger partial charge is 0.465 e. The van der Waals surface area contributed by atoms with E-state index in [0.717, 1.165) is 12.8 Å². The third-order valence-corrected chi connectivity index (χ3v) is 1.41. The van der Waals surface area contributed by atoms with Gasteiger partial charge in [0.2, 0.25) is 0 Å². The highest BCUT2D eigenvalue weighted by Crippen LogP contribution is 1.88. The standard InChI is InChI=1S/C9H17NO4/c1-3-5-6-14-9(12)10-7-8(11)13-4-2/h3-7H2,1-2H3,(H,10,12). The molecule has 1 N–H and O–H groups in total. The lowest BCUT2D eigenvalue weighted by Gasteiger charge is -2.05. The molecule has 82 valence electrons. The van der Waals surface area contributed by atoms with Gasteiger partial charge in [-0.1, -0.05) is 13.3 Å². The molecule has 0 saturated heterocycles. The van der Waals surface area contributed by atoms with Gasteiger partial charge in [-0.3, -0.25) is 4.79 Å². The fourth-order valence-electron chi connectivity index (χ4n) is 0.717. The van der Waals surface area contributed by atoms with Gasteiger partial charge in [0, 0.05) is 0 Å². The van der Waals surface area contributed by atoms with Gasteiger partial charge in [-0.05, 0) is 13.3 Å². The Balaban J connectivity index is 3.39. The maximum absolute atomic E-state index is 10.9. The first-order valence-electron chi connectivity index (χ1n) is 4.77. The van der Waals surface area contributed by atoms with Crippen LogP contribution in [0.5, 0.6) is 0 Å². The zero-order chi connectivity index (χ0) is 10.8. The van der Waals surface area contributed by atoms with Crippen LogP contribution >= 0.6 is 0 Å². The zero-order valence-corrected chi connectivity index (χ0v) is 8.67. The molecule has 0 atom stereocenters. The van der Waals surface area contributed by atoms with Crippen LogP contribution in [-0.4, -0.2) is 31.8 Å². The molecule has 0 bridgehead atoms. The monoisotopic (exact) mass is 203 g/mol. The lowest BCUT2D eigenvalue weighted by molar-refractivity contribution is -0.141. The van der Waals surface area contributed by atoms with Crippen molar-refractivity contribution in [1.82, 2.24) is 5.32 Å². The van der Waals surface area contributed by atoms with Gasteiger partial charge < -0.3 is 14.8 Å². The first-order chi connectivity index (χ1) is 6.70. The van der Waals surface area contributed by atoms with Crippen LogP contribution in [0, 0.1) is 0 Å². The molecule has 5 nitrogen and oxygen atoms in total. The number of rotatable bonds is 6. The highest BCUT2D eigenvalue weighted by atomic mass is 16.6. The van der Waals surface area contributed by atoms with Crippen LogP contribution in [0.3, 0.4) is 0 Å². The van der Waals surface area contributed by atoms with Crippen molar-refractivity contribution in [2.75, 3.05) is 19.8 Å². The second kappa shape index (κ2) is 8.34. The summed E-state index contributed by atoms with van der Waals surface area (Å²) in [6.07, 6.45) is 1.21. The number of alkyl carbamates (subject to hydrolysis) is 1. The van der Waals surface area contributed by atoms with E-state index in [1.54, 1.807) is 6.92 Å². The Bertz CT molecular complexity index is 182. The van der Waals surface area contributed by atoms with E-state index >= 15 is 0 Å². The van der Waals surface area contributed by atoms with Crippen molar-refractivity contribution >= 4 is 12.1 Å². The molecule has 0 saturated carbocycles. The number of ether oxygens (including phenoxy) is 2. The maximum Gasteiger partial charge on any atom is 0.407 e. The second-order valence-corrected chi connectivity index (χ2v) is 2.65.